The second-order valence-corrected chi connectivity index (χ2v) is 8.38. The van der Waals surface area contributed by atoms with Crippen molar-refractivity contribution in [2.75, 3.05) is 5.73 Å². The monoisotopic (exact) mass is 447 g/mol. The van der Waals surface area contributed by atoms with Gasteiger partial charge in [-0.15, -0.1) is 11.3 Å². The van der Waals surface area contributed by atoms with E-state index in [-0.39, 0.29) is 22.0 Å². The lowest BCUT2D eigenvalue weighted by atomic mass is 9.72. The summed E-state index contributed by atoms with van der Waals surface area (Å²) >= 11 is 0.974. The Morgan fingerprint density at radius 1 is 1.12 bits per heavy atom. The number of hydrogen-bond acceptors (Lipinski definition) is 9. The van der Waals surface area contributed by atoms with Crippen molar-refractivity contribution in [3.8, 4) is 11.6 Å². The normalized spacial score (nSPS) is 19.8. The summed E-state index contributed by atoms with van der Waals surface area (Å²) < 4.78 is 6.17. The summed E-state index contributed by atoms with van der Waals surface area (Å²) in [5.74, 6) is -0.954. The zero-order valence-corrected chi connectivity index (χ0v) is 17.3. The van der Waals surface area contributed by atoms with E-state index in [1.54, 1.807) is 24.3 Å². The number of benzene rings is 2. The van der Waals surface area contributed by atoms with Gasteiger partial charge in [0.15, 0.2) is 5.78 Å². The summed E-state index contributed by atoms with van der Waals surface area (Å²) in [6.45, 7) is 0. The van der Waals surface area contributed by atoms with Crippen LogP contribution in [0.1, 0.15) is 32.5 Å². The van der Waals surface area contributed by atoms with Crippen LogP contribution in [0.4, 0.5) is 5.69 Å². The molecule has 2 atom stereocenters. The van der Waals surface area contributed by atoms with Crippen molar-refractivity contribution in [3.63, 3.8) is 0 Å². The number of Topliss-reactive ketones (excluding diaryl/α,β-unsaturated/α-hetero) is 1. The molecule has 0 amide bonds. The Hall–Kier alpha value is -3.86. The van der Waals surface area contributed by atoms with Crippen LogP contribution in [-0.4, -0.2) is 26.8 Å². The molecule has 7 N–H and O–H groups in total. The van der Waals surface area contributed by atoms with Crippen LogP contribution in [0.25, 0.3) is 10.1 Å². The molecule has 2 aromatic carbocycles. The number of carboxylic acids is 1. The van der Waals surface area contributed by atoms with E-state index in [1.807, 2.05) is 18.2 Å². The molecular weight excluding hydrogens is 430 g/mol. The number of nitrogens with two attached hydrogens (primary N) is 3. The van der Waals surface area contributed by atoms with Gasteiger partial charge in [-0.05, 0) is 23.8 Å². The second-order valence-electron chi connectivity index (χ2n) is 7.36. The number of carbonyl (C=O) groups excluding carboxylic acids is 1. The lowest BCUT2D eigenvalue weighted by Crippen LogP contribution is -2.53. The average molecular weight is 447 g/mol. The molecule has 160 valence electrons. The van der Waals surface area contributed by atoms with Gasteiger partial charge in [-0.3, -0.25) is 9.78 Å². The average Bonchev–Trinajstić information content (AvgIpc) is 3.20. The van der Waals surface area contributed by atoms with Gasteiger partial charge in [-0.25, -0.2) is 9.78 Å². The highest BCUT2D eigenvalue weighted by atomic mass is 32.1. The summed E-state index contributed by atoms with van der Waals surface area (Å²) in [4.78, 5) is 33.8. The standard InChI is InChI=1S/C22H17N5O4S/c23-12-7-6-11-15-16(19(21(29)30)32-18(12)15)17(24)20(28)22(11,25)13-8-27-14(9-26-13)31-10-4-2-1-3-5-10/h1-9,17H,23-25H2,(H,29,30). The molecule has 2 heterocycles. The molecule has 4 aromatic rings. The Labute approximate surface area is 185 Å². The van der Waals surface area contributed by atoms with E-state index < -0.39 is 23.3 Å². The van der Waals surface area contributed by atoms with Gasteiger partial charge in [0.25, 0.3) is 0 Å². The van der Waals surface area contributed by atoms with Crippen molar-refractivity contribution >= 4 is 38.9 Å². The maximum absolute atomic E-state index is 13.4. The van der Waals surface area contributed by atoms with Gasteiger partial charge in [-0.1, -0.05) is 24.3 Å². The molecule has 0 aliphatic heterocycles. The number of nitrogen functional groups attached to an aromatic ring is 1. The van der Waals surface area contributed by atoms with Gasteiger partial charge in [-0.2, -0.15) is 0 Å². The van der Waals surface area contributed by atoms with Crippen molar-refractivity contribution in [1.29, 1.82) is 0 Å². The summed E-state index contributed by atoms with van der Waals surface area (Å²) in [5.41, 5.74) is 18.4. The number of para-hydroxylation sites is 1. The molecule has 2 aromatic heterocycles. The number of aromatic carboxylic acids is 1. The Balaban J connectivity index is 1.66. The minimum absolute atomic E-state index is 0.0280. The van der Waals surface area contributed by atoms with Crippen LogP contribution < -0.4 is 21.9 Å². The second kappa shape index (κ2) is 7.09. The maximum atomic E-state index is 13.4. The summed E-state index contributed by atoms with van der Waals surface area (Å²) in [7, 11) is 0. The molecule has 2 unspecified atom stereocenters. The van der Waals surface area contributed by atoms with Gasteiger partial charge in [0.05, 0.1) is 28.8 Å². The predicted molar refractivity (Wildman–Crippen MR) is 119 cm³/mol. The quantitative estimate of drug-likeness (QED) is 0.344. The molecule has 0 fully saturated rings. The van der Waals surface area contributed by atoms with Crippen molar-refractivity contribution < 1.29 is 19.4 Å². The van der Waals surface area contributed by atoms with Crippen molar-refractivity contribution in [1.82, 2.24) is 9.97 Å². The number of rotatable bonds is 4. The number of carboxylic acid groups (broad SMARTS) is 1. The molecule has 9 nitrogen and oxygen atoms in total. The molecule has 0 saturated carbocycles. The Morgan fingerprint density at radius 3 is 2.53 bits per heavy atom. The Morgan fingerprint density at radius 2 is 1.88 bits per heavy atom. The van der Waals surface area contributed by atoms with Crippen molar-refractivity contribution in [2.24, 2.45) is 11.5 Å². The van der Waals surface area contributed by atoms with Crippen molar-refractivity contribution in [2.45, 2.75) is 11.6 Å². The van der Waals surface area contributed by atoms with Gasteiger partial charge in [0, 0.05) is 16.6 Å². The lowest BCUT2D eigenvalue weighted by Gasteiger charge is -2.35. The fraction of sp³-hybridized carbons (Fsp3) is 0.0909. The molecule has 0 saturated heterocycles. The zero-order valence-electron chi connectivity index (χ0n) is 16.5. The molecule has 10 heteroatoms. The number of thiophene rings is 1. The summed E-state index contributed by atoms with van der Waals surface area (Å²) in [5, 5.41) is 10.1. The van der Waals surface area contributed by atoms with Crippen LogP contribution in [0.5, 0.6) is 11.6 Å². The molecule has 1 aliphatic carbocycles. The zero-order chi connectivity index (χ0) is 22.6. The first-order valence-corrected chi connectivity index (χ1v) is 10.4. The van der Waals surface area contributed by atoms with E-state index in [0.29, 0.717) is 27.1 Å². The van der Waals surface area contributed by atoms with Gasteiger partial charge >= 0.3 is 5.97 Å². The highest BCUT2D eigenvalue weighted by Crippen LogP contribution is 2.49. The largest absolute Gasteiger partial charge is 0.477 e. The van der Waals surface area contributed by atoms with Gasteiger partial charge in [0.2, 0.25) is 5.88 Å². The van der Waals surface area contributed by atoms with Crippen LogP contribution >= 0.6 is 11.3 Å². The number of carbonyl (C=O) groups is 2. The fourth-order valence-electron chi connectivity index (χ4n) is 3.99. The van der Waals surface area contributed by atoms with Crippen LogP contribution in [0, 0.1) is 0 Å². The third-order valence-electron chi connectivity index (χ3n) is 5.51. The Bertz CT molecular complexity index is 1390. The number of ketones is 1. The number of ether oxygens (including phenoxy) is 1. The van der Waals surface area contributed by atoms with E-state index in [9.17, 15) is 14.7 Å². The lowest BCUT2D eigenvalue weighted by molar-refractivity contribution is -0.124. The smallest absolute Gasteiger partial charge is 0.346 e. The molecule has 32 heavy (non-hydrogen) atoms. The van der Waals surface area contributed by atoms with E-state index >= 15 is 0 Å². The van der Waals surface area contributed by atoms with Crippen LogP contribution in [0.2, 0.25) is 0 Å². The Kier molecular flexibility index (Phi) is 4.45. The molecule has 0 radical (unpaired) electrons. The van der Waals surface area contributed by atoms with E-state index in [4.69, 9.17) is 21.9 Å². The van der Waals surface area contributed by atoms with E-state index in [1.165, 1.54) is 12.4 Å². The molecule has 1 aliphatic rings. The van der Waals surface area contributed by atoms with E-state index in [2.05, 4.69) is 9.97 Å². The number of anilines is 1. The molecule has 5 rings (SSSR count). The minimum Gasteiger partial charge on any atom is -0.477 e. The summed E-state index contributed by atoms with van der Waals surface area (Å²) in [6.07, 6.45) is 2.73. The number of aromatic nitrogens is 2. The predicted octanol–water partition coefficient (Wildman–Crippen LogP) is 2.55. The SMILES string of the molecule is Nc1ccc2c3c(c(C(=O)O)sc13)C(N)C(=O)C2(N)c1cnc(Oc2ccccc2)cn1. The van der Waals surface area contributed by atoms with Crippen LogP contribution in [0.15, 0.2) is 54.9 Å². The first-order chi connectivity index (χ1) is 15.3. The van der Waals surface area contributed by atoms with Crippen LogP contribution in [0.3, 0.4) is 0 Å². The first-order valence-electron chi connectivity index (χ1n) is 9.55. The van der Waals surface area contributed by atoms with E-state index in [0.717, 1.165) is 11.3 Å². The highest BCUT2D eigenvalue weighted by Gasteiger charge is 2.49. The number of hydrogen-bond donors (Lipinski definition) is 4. The van der Waals surface area contributed by atoms with Crippen LogP contribution in [-0.2, 0) is 10.3 Å². The molecule has 0 bridgehead atoms. The molecule has 0 spiro atoms. The third-order valence-corrected chi connectivity index (χ3v) is 6.75. The topological polar surface area (TPSA) is 167 Å². The summed E-state index contributed by atoms with van der Waals surface area (Å²) in [6, 6.07) is 11.0. The fourth-order valence-corrected chi connectivity index (χ4v) is 5.12. The minimum atomic E-state index is -1.73. The number of nitrogens with zero attached hydrogens (tertiary/aromatic N) is 2. The maximum Gasteiger partial charge on any atom is 0.346 e. The van der Waals surface area contributed by atoms with Gasteiger partial charge in [0.1, 0.15) is 16.2 Å². The third kappa shape index (κ3) is 2.78. The van der Waals surface area contributed by atoms with Crippen molar-refractivity contribution in [3.05, 3.63) is 76.6 Å². The highest BCUT2D eigenvalue weighted by molar-refractivity contribution is 7.21. The first kappa shape index (κ1) is 20.1. The molecular formula is C22H17N5O4S. The van der Waals surface area contributed by atoms with Gasteiger partial charge < -0.3 is 27.0 Å².